The molecule has 0 radical (unpaired) electrons. The van der Waals surface area contributed by atoms with Crippen molar-refractivity contribution in [1.82, 2.24) is 52.5 Å². The summed E-state index contributed by atoms with van der Waals surface area (Å²) in [6.07, 6.45) is 25.9. The predicted octanol–water partition coefficient (Wildman–Crippen LogP) is 23.9. The molecule has 0 fully saturated rings. The fraction of sp³-hybridized carbons (Fsp3) is 0.0891. The average molecular weight is 1530 g/mol. The first kappa shape index (κ1) is 74.6. The van der Waals surface area contributed by atoms with Gasteiger partial charge < -0.3 is 19.5 Å². The molecule has 117 heavy (non-hydrogen) atoms. The van der Waals surface area contributed by atoms with Crippen LogP contribution in [0.25, 0.3) is 145 Å². The van der Waals surface area contributed by atoms with Crippen molar-refractivity contribution in [2.75, 3.05) is 5.32 Å². The number of nitrogens with zero attached hydrogens (tertiary/aromatic N) is 11. The van der Waals surface area contributed by atoms with Crippen LogP contribution < -0.4 is 19.5 Å². The largest absolute Gasteiger partial charge is 0.491 e. The zero-order chi connectivity index (χ0) is 79.7. The summed E-state index contributed by atoms with van der Waals surface area (Å²) in [5.41, 5.74) is 23.7. The highest BCUT2D eigenvalue weighted by Gasteiger charge is 2.17. The smallest absolute Gasteiger partial charge is 0.255 e. The summed E-state index contributed by atoms with van der Waals surface area (Å²) in [7, 11) is 0. The van der Waals surface area contributed by atoms with Crippen LogP contribution in [-0.2, 0) is 0 Å². The van der Waals surface area contributed by atoms with E-state index < -0.39 is 0 Å². The number of anilines is 1. The fourth-order valence-electron chi connectivity index (χ4n) is 14.5. The molecule has 0 bridgehead atoms. The van der Waals surface area contributed by atoms with Gasteiger partial charge in [0.1, 0.15) is 39.8 Å². The van der Waals surface area contributed by atoms with Crippen molar-refractivity contribution in [2.24, 2.45) is 0 Å². The second-order valence-corrected chi connectivity index (χ2v) is 29.2. The Labute approximate surface area is 677 Å². The number of ether oxygens (including phenoxy) is 3. The quantitative estimate of drug-likeness (QED) is 0.0979. The molecule has 11 heterocycles. The van der Waals surface area contributed by atoms with Gasteiger partial charge in [0.15, 0.2) is 0 Å². The van der Waals surface area contributed by atoms with Crippen LogP contribution in [0.4, 0.5) is 5.69 Å². The SMILES string of the molecule is CC(C)Oc1ccc(-c2ccn3c(-c4ccc5ccncc5c4)cnc3c2)cc1.CC(C)Oc1ccc(-c2ccn3c(-c4ccnc5ccccc45)cnc3c2)cc1.CC(C)Oc1ccc(-c2ccn3c(-c4cncc5ccccc45)cnc3c2)cc1.O=C(Nc1ccc(-c2ccn3c(-c4ccccc4)cnc3c2)cc1)c1ccccc1. The van der Waals surface area contributed by atoms with Crippen molar-refractivity contribution < 1.29 is 19.0 Å². The van der Waals surface area contributed by atoms with E-state index in [9.17, 15) is 4.79 Å². The number of pyridine rings is 7. The number of rotatable bonds is 16. The lowest BCUT2D eigenvalue weighted by Gasteiger charge is -2.10. The van der Waals surface area contributed by atoms with Gasteiger partial charge in [-0.05, 0) is 230 Å². The van der Waals surface area contributed by atoms with Crippen molar-refractivity contribution in [1.29, 1.82) is 0 Å². The Morgan fingerprint density at radius 1 is 0.299 bits per heavy atom. The number of amides is 1. The van der Waals surface area contributed by atoms with Crippen LogP contribution in [0.1, 0.15) is 51.9 Å². The molecular weight excluding hydrogens is 1450 g/mol. The number of nitrogens with one attached hydrogen (secondary N) is 1. The highest BCUT2D eigenvalue weighted by atomic mass is 16.5. The van der Waals surface area contributed by atoms with Gasteiger partial charge in [-0.2, -0.15) is 0 Å². The molecule has 0 aliphatic carbocycles. The van der Waals surface area contributed by atoms with Crippen molar-refractivity contribution in [3.63, 3.8) is 0 Å². The third kappa shape index (κ3) is 16.7. The molecule has 16 heteroatoms. The van der Waals surface area contributed by atoms with Crippen LogP contribution in [0.5, 0.6) is 17.2 Å². The molecule has 0 saturated carbocycles. The number of hydrogen-bond acceptors (Lipinski definition) is 11. The highest BCUT2D eigenvalue weighted by Crippen LogP contribution is 2.36. The van der Waals surface area contributed by atoms with Gasteiger partial charge in [-0.25, -0.2) is 19.9 Å². The molecule has 16 nitrogen and oxygen atoms in total. The summed E-state index contributed by atoms with van der Waals surface area (Å²) < 4.78 is 25.7. The molecule has 1 N–H and O–H groups in total. The molecule has 9 aromatic carbocycles. The first-order chi connectivity index (χ1) is 57.3. The summed E-state index contributed by atoms with van der Waals surface area (Å²) in [5, 5.41) is 8.67. The van der Waals surface area contributed by atoms with Gasteiger partial charge in [-0.1, -0.05) is 152 Å². The van der Waals surface area contributed by atoms with E-state index in [1.165, 1.54) is 10.8 Å². The first-order valence-electron chi connectivity index (χ1n) is 39.1. The molecule has 20 rings (SSSR count). The lowest BCUT2D eigenvalue weighted by atomic mass is 10.1. The number of carbonyl (C=O) groups is 1. The zero-order valence-corrected chi connectivity index (χ0v) is 65.4. The Morgan fingerprint density at radius 3 is 1.23 bits per heavy atom. The van der Waals surface area contributed by atoms with Gasteiger partial charge in [-0.3, -0.25) is 37.3 Å². The van der Waals surface area contributed by atoms with Gasteiger partial charge in [0.25, 0.3) is 5.91 Å². The van der Waals surface area contributed by atoms with Crippen molar-refractivity contribution in [2.45, 2.75) is 59.9 Å². The van der Waals surface area contributed by atoms with Gasteiger partial charge in [-0.15, -0.1) is 0 Å². The monoisotopic (exact) mass is 1530 g/mol. The van der Waals surface area contributed by atoms with Crippen molar-refractivity contribution >= 4 is 66.6 Å². The molecule has 0 unspecified atom stereocenters. The van der Waals surface area contributed by atoms with Gasteiger partial charge in [0.2, 0.25) is 0 Å². The number of benzene rings is 9. The van der Waals surface area contributed by atoms with Crippen LogP contribution in [0, 0.1) is 0 Å². The van der Waals surface area contributed by atoms with Gasteiger partial charge >= 0.3 is 0 Å². The first-order valence-corrected chi connectivity index (χ1v) is 39.1. The molecular formula is C101H82N12O4. The Kier molecular flexibility index (Phi) is 21.4. The summed E-state index contributed by atoms with van der Waals surface area (Å²) in [4.78, 5) is 44.0. The third-order valence-corrected chi connectivity index (χ3v) is 20.1. The van der Waals surface area contributed by atoms with Crippen LogP contribution in [0.15, 0.2) is 366 Å². The lowest BCUT2D eigenvalue weighted by molar-refractivity contribution is 0.102. The second-order valence-electron chi connectivity index (χ2n) is 29.2. The second kappa shape index (κ2) is 33.6. The van der Waals surface area contributed by atoms with E-state index in [2.05, 4.69) is 216 Å². The maximum atomic E-state index is 12.3. The van der Waals surface area contributed by atoms with E-state index in [1.54, 1.807) is 12.1 Å². The topological polar surface area (TPSA) is 165 Å². The number of carbonyl (C=O) groups excluding carboxylic acids is 1. The standard InChI is InChI=1S/C26H19N3O.3C25H21N3O/c30-26(21-9-5-2-6-10-21)28-23-13-11-19(12-14-23)22-15-16-29-24(18-27-25(29)17-22)20-7-3-1-4-8-20;1-17(2)29-23-7-5-18(6-8-23)20-10-12-28-24(16-27-25(28)14-20)21-4-3-19-9-11-26-15-22(19)13-21;1-17(2)29-20-9-7-18(8-10-20)19-12-14-28-24(16-27-25(28)15-19)22-11-13-26-23-6-4-3-5-21(22)23;1-17(2)29-21-9-7-18(8-10-21)19-11-12-28-24(16-27-25(28)13-19)23-15-26-14-20-5-3-4-6-22(20)23/h1-18H,(H,28,30);3*3-17H,1-2H3. The van der Waals surface area contributed by atoms with Gasteiger partial charge in [0.05, 0.1) is 71.4 Å². The maximum Gasteiger partial charge on any atom is 0.255 e. The molecule has 0 spiro atoms. The number of fused-ring (bicyclic) bond motifs is 7. The minimum atomic E-state index is -0.115. The minimum Gasteiger partial charge on any atom is -0.491 e. The molecule has 11 aromatic heterocycles. The zero-order valence-electron chi connectivity index (χ0n) is 65.4. The molecule has 0 aliphatic rings. The Balaban J connectivity index is 0.000000112. The molecule has 20 aromatic rings. The van der Waals surface area contributed by atoms with Crippen molar-refractivity contribution in [3.05, 3.63) is 371 Å². The summed E-state index contributed by atoms with van der Waals surface area (Å²) in [6.45, 7) is 12.2. The maximum absolute atomic E-state index is 12.3. The highest BCUT2D eigenvalue weighted by molar-refractivity contribution is 6.04. The Bertz CT molecular complexity index is 6650. The average Bonchev–Trinajstić information content (AvgIpc) is 1.01. The number of hydrogen-bond donors (Lipinski definition) is 1. The number of para-hydroxylation sites is 1. The molecule has 570 valence electrons. The Morgan fingerprint density at radius 2 is 0.718 bits per heavy atom. The Hall–Kier alpha value is -15.2. The fourth-order valence-corrected chi connectivity index (χ4v) is 14.5. The summed E-state index contributed by atoms with van der Waals surface area (Å²) >= 11 is 0. The van der Waals surface area contributed by atoms with Crippen LogP contribution >= 0.6 is 0 Å². The van der Waals surface area contributed by atoms with E-state index >= 15 is 0 Å². The number of imidazole rings is 4. The van der Waals surface area contributed by atoms with E-state index in [-0.39, 0.29) is 24.2 Å². The van der Waals surface area contributed by atoms with E-state index in [1.807, 2.05) is 237 Å². The lowest BCUT2D eigenvalue weighted by Crippen LogP contribution is -2.11. The van der Waals surface area contributed by atoms with E-state index in [0.717, 1.165) is 157 Å². The van der Waals surface area contributed by atoms with Crippen LogP contribution in [-0.4, -0.2) is 76.7 Å². The van der Waals surface area contributed by atoms with Crippen LogP contribution in [0.3, 0.4) is 0 Å². The minimum absolute atomic E-state index is 0.115. The van der Waals surface area contributed by atoms with Crippen molar-refractivity contribution in [3.8, 4) is 107 Å². The third-order valence-electron chi connectivity index (χ3n) is 20.1. The molecule has 1 amide bonds. The van der Waals surface area contributed by atoms with E-state index in [0.29, 0.717) is 5.56 Å². The number of aromatic nitrogens is 11. The molecule has 0 atom stereocenters. The predicted molar refractivity (Wildman–Crippen MR) is 472 cm³/mol. The normalized spacial score (nSPS) is 11.3. The van der Waals surface area contributed by atoms with E-state index in [4.69, 9.17) is 14.2 Å². The van der Waals surface area contributed by atoms with Crippen LogP contribution in [0.2, 0.25) is 0 Å². The van der Waals surface area contributed by atoms with Gasteiger partial charge in [0, 0.05) is 105 Å². The molecule has 0 aliphatic heterocycles. The summed E-state index contributed by atoms with van der Waals surface area (Å²) in [6, 6.07) is 95.7. The molecule has 0 saturated heterocycles. The summed E-state index contributed by atoms with van der Waals surface area (Å²) in [5.74, 6) is 2.54.